The molecule has 0 aromatic heterocycles. The van der Waals surface area contributed by atoms with Crippen LogP contribution in [0.2, 0.25) is 15.1 Å². The molecule has 0 atom stereocenters. The Morgan fingerprint density at radius 3 is 2.55 bits per heavy atom. The molecule has 1 aliphatic heterocycles. The number of nitrogens with one attached hydrogen (secondary N) is 1. The largest absolute Gasteiger partial charge is 0.375 e. The first-order valence-corrected chi connectivity index (χ1v) is 8.09. The number of hydrazine groups is 1. The Kier molecular flexibility index (Phi) is 6.06. The average molecular weight is 398 g/mol. The highest BCUT2D eigenvalue weighted by molar-refractivity contribution is 7.80. The van der Waals surface area contributed by atoms with Crippen LogP contribution in [0, 0.1) is 0 Å². The summed E-state index contributed by atoms with van der Waals surface area (Å²) in [4.78, 5) is 1.85. The first-order valence-electron chi connectivity index (χ1n) is 6.17. The Hall–Kier alpha value is -0.850. The van der Waals surface area contributed by atoms with Crippen molar-refractivity contribution >= 4 is 63.7 Å². The highest BCUT2D eigenvalue weighted by Gasteiger charge is 2.13. The molecule has 0 aliphatic carbocycles. The van der Waals surface area contributed by atoms with Crippen LogP contribution in [0.15, 0.2) is 35.9 Å². The smallest absolute Gasteiger partial charge is 0.183 e. The Labute approximate surface area is 154 Å². The fourth-order valence-electron chi connectivity index (χ4n) is 1.87. The van der Waals surface area contributed by atoms with Gasteiger partial charge in [0.2, 0.25) is 0 Å². The van der Waals surface area contributed by atoms with Gasteiger partial charge in [0, 0.05) is 24.0 Å². The molecule has 22 heavy (non-hydrogen) atoms. The lowest BCUT2D eigenvalue weighted by molar-refractivity contribution is 0.388. The van der Waals surface area contributed by atoms with Crippen molar-refractivity contribution in [3.63, 3.8) is 0 Å². The summed E-state index contributed by atoms with van der Waals surface area (Å²) in [5.41, 5.74) is 9.01. The summed E-state index contributed by atoms with van der Waals surface area (Å²) in [6, 6.07) is 3.41. The van der Waals surface area contributed by atoms with Crippen molar-refractivity contribution in [1.29, 1.82) is 0 Å². The Morgan fingerprint density at radius 1 is 1.18 bits per heavy atom. The summed E-state index contributed by atoms with van der Waals surface area (Å²) < 4.78 is 0. The van der Waals surface area contributed by atoms with Gasteiger partial charge < -0.3 is 10.6 Å². The molecular formula is C13H12Cl4N4S. The van der Waals surface area contributed by atoms with Crippen LogP contribution in [0.4, 0.5) is 0 Å². The quantitative estimate of drug-likeness (QED) is 0.455. The van der Waals surface area contributed by atoms with Gasteiger partial charge >= 0.3 is 0 Å². The molecule has 1 aromatic carbocycles. The normalized spacial score (nSPS) is 14.1. The zero-order chi connectivity index (χ0) is 16.3. The molecule has 1 heterocycles. The maximum Gasteiger partial charge on any atom is 0.183 e. The second-order valence-corrected chi connectivity index (χ2v) is 6.49. The van der Waals surface area contributed by atoms with Gasteiger partial charge in [0.1, 0.15) is 5.16 Å². The van der Waals surface area contributed by atoms with Crippen LogP contribution >= 0.6 is 58.6 Å². The van der Waals surface area contributed by atoms with Gasteiger partial charge in [-0.2, -0.15) is 0 Å². The molecule has 0 saturated heterocycles. The number of hydrogen-bond donors (Lipinski definition) is 2. The first kappa shape index (κ1) is 17.5. The number of rotatable bonds is 4. The molecule has 2 rings (SSSR count). The number of nitrogens with two attached hydrogens (primary N) is 1. The van der Waals surface area contributed by atoms with Crippen molar-refractivity contribution in [1.82, 2.24) is 15.3 Å². The van der Waals surface area contributed by atoms with Gasteiger partial charge in [-0.05, 0) is 36.3 Å². The van der Waals surface area contributed by atoms with Crippen LogP contribution in [0.5, 0.6) is 0 Å². The summed E-state index contributed by atoms with van der Waals surface area (Å²) in [6.45, 7) is 0.614. The molecule has 0 radical (unpaired) electrons. The minimum Gasteiger partial charge on any atom is -0.375 e. The fourth-order valence-corrected chi connectivity index (χ4v) is 2.96. The molecule has 1 aromatic rings. The Bertz CT molecular complexity index is 647. The van der Waals surface area contributed by atoms with Gasteiger partial charge in [0.05, 0.1) is 16.2 Å². The lowest BCUT2D eigenvalue weighted by atomic mass is 10.1. The summed E-state index contributed by atoms with van der Waals surface area (Å²) >= 11 is 29.2. The first-order chi connectivity index (χ1) is 10.4. The summed E-state index contributed by atoms with van der Waals surface area (Å²) in [7, 11) is 0. The SMILES string of the molecule is NC(=S)NN1C=CN(CCc2cc(Cl)cc(Cl)c2Cl)C(Cl)=C1. The third-order valence-electron chi connectivity index (χ3n) is 2.86. The lowest BCUT2D eigenvalue weighted by Gasteiger charge is -2.28. The minimum atomic E-state index is 0.152. The maximum absolute atomic E-state index is 6.21. The van der Waals surface area contributed by atoms with E-state index >= 15 is 0 Å². The van der Waals surface area contributed by atoms with Crippen LogP contribution in [-0.2, 0) is 6.42 Å². The molecule has 0 unspecified atom stereocenters. The van der Waals surface area contributed by atoms with Crippen molar-refractivity contribution < 1.29 is 0 Å². The van der Waals surface area contributed by atoms with Crippen LogP contribution in [-0.4, -0.2) is 21.6 Å². The number of hydrogen-bond acceptors (Lipinski definition) is 3. The van der Waals surface area contributed by atoms with E-state index in [4.69, 9.17) is 64.4 Å². The highest BCUT2D eigenvalue weighted by atomic mass is 35.5. The Balaban J connectivity index is 2.02. The molecule has 118 valence electrons. The van der Waals surface area contributed by atoms with E-state index in [1.807, 2.05) is 4.90 Å². The molecule has 3 N–H and O–H groups in total. The molecule has 9 heteroatoms. The summed E-state index contributed by atoms with van der Waals surface area (Å²) in [5.74, 6) is 0. The molecule has 4 nitrogen and oxygen atoms in total. The van der Waals surface area contributed by atoms with Gasteiger partial charge in [-0.25, -0.2) is 0 Å². The van der Waals surface area contributed by atoms with E-state index in [2.05, 4.69) is 5.43 Å². The van der Waals surface area contributed by atoms with Crippen molar-refractivity contribution in [2.75, 3.05) is 6.54 Å². The van der Waals surface area contributed by atoms with E-state index in [9.17, 15) is 0 Å². The second kappa shape index (κ2) is 7.62. The summed E-state index contributed by atoms with van der Waals surface area (Å²) in [6.07, 6.45) is 5.84. The predicted octanol–water partition coefficient (Wildman–Crippen LogP) is 4.06. The summed E-state index contributed by atoms with van der Waals surface area (Å²) in [5, 5.41) is 3.72. The average Bonchev–Trinajstić information content (AvgIpc) is 2.42. The minimum absolute atomic E-state index is 0.152. The molecule has 1 aliphatic rings. The van der Waals surface area contributed by atoms with Crippen molar-refractivity contribution in [3.05, 3.63) is 56.5 Å². The number of halogens is 4. The van der Waals surface area contributed by atoms with Gasteiger partial charge in [0.15, 0.2) is 5.11 Å². The molecule has 0 saturated carbocycles. The highest BCUT2D eigenvalue weighted by Crippen LogP contribution is 2.30. The zero-order valence-corrected chi connectivity index (χ0v) is 15.0. The van der Waals surface area contributed by atoms with E-state index in [0.717, 1.165) is 5.56 Å². The van der Waals surface area contributed by atoms with Crippen molar-refractivity contribution in [2.45, 2.75) is 6.42 Å². The molecule has 0 spiro atoms. The topological polar surface area (TPSA) is 44.5 Å². The predicted molar refractivity (Wildman–Crippen MR) is 96.7 cm³/mol. The van der Waals surface area contributed by atoms with E-state index < -0.39 is 0 Å². The van der Waals surface area contributed by atoms with Crippen LogP contribution in [0.1, 0.15) is 5.56 Å². The number of thiocarbonyl (C=S) groups is 1. The lowest BCUT2D eigenvalue weighted by Crippen LogP contribution is -2.40. The van der Waals surface area contributed by atoms with Gasteiger partial charge in [0.25, 0.3) is 0 Å². The molecule has 0 bridgehead atoms. The maximum atomic E-state index is 6.21. The van der Waals surface area contributed by atoms with Crippen molar-refractivity contribution in [2.24, 2.45) is 5.73 Å². The standard InChI is InChI=1S/C13H12Cl4N4S/c14-9-5-8(12(17)10(15)6-9)1-2-20-3-4-21(7-11(20)16)19-13(18)22/h3-7H,1-2H2,(H3,18,19,22). The fraction of sp³-hybridized carbons (Fsp3) is 0.154. The van der Waals surface area contributed by atoms with E-state index in [0.29, 0.717) is 33.2 Å². The molecular weight excluding hydrogens is 386 g/mol. The molecule has 0 fully saturated rings. The van der Waals surface area contributed by atoms with Gasteiger partial charge in [-0.1, -0.05) is 46.4 Å². The van der Waals surface area contributed by atoms with E-state index in [1.54, 1.807) is 35.7 Å². The Morgan fingerprint density at radius 2 is 1.91 bits per heavy atom. The molecule has 0 amide bonds. The van der Waals surface area contributed by atoms with Gasteiger partial charge in [-0.15, -0.1) is 0 Å². The number of nitrogens with zero attached hydrogens (tertiary/aromatic N) is 2. The zero-order valence-electron chi connectivity index (χ0n) is 11.2. The van der Waals surface area contributed by atoms with Crippen LogP contribution < -0.4 is 11.2 Å². The second-order valence-electron chi connectivity index (χ2n) is 4.44. The van der Waals surface area contributed by atoms with E-state index in [-0.39, 0.29) is 5.11 Å². The van der Waals surface area contributed by atoms with Crippen molar-refractivity contribution in [3.8, 4) is 0 Å². The third kappa shape index (κ3) is 4.57. The van der Waals surface area contributed by atoms with E-state index in [1.165, 1.54) is 0 Å². The number of benzene rings is 1. The van der Waals surface area contributed by atoms with Gasteiger partial charge in [-0.3, -0.25) is 10.4 Å². The third-order valence-corrected chi connectivity index (χ3v) is 4.32. The van der Waals surface area contributed by atoms with Crippen LogP contribution in [0.25, 0.3) is 0 Å². The monoisotopic (exact) mass is 396 g/mol. The van der Waals surface area contributed by atoms with Crippen LogP contribution in [0.3, 0.4) is 0 Å².